The SMILES string of the molecule is CC(=O)N(C)C.CN(C)c1ccncc1. The zero-order valence-electron chi connectivity index (χ0n) is 10.1. The van der Waals surface area contributed by atoms with Gasteiger partial charge in [-0.15, -0.1) is 0 Å². The third-order valence-electron chi connectivity index (χ3n) is 1.81. The number of nitrogens with zero attached hydrogens (tertiary/aromatic N) is 3. The van der Waals surface area contributed by atoms with Crippen LogP contribution in [0.4, 0.5) is 5.69 Å². The van der Waals surface area contributed by atoms with Crippen molar-refractivity contribution in [2.75, 3.05) is 33.1 Å². The molecular weight excluding hydrogens is 190 g/mol. The maximum atomic E-state index is 10.1. The van der Waals surface area contributed by atoms with E-state index in [0.29, 0.717) is 0 Å². The normalized spacial score (nSPS) is 8.60. The second-order valence-corrected chi connectivity index (χ2v) is 3.51. The van der Waals surface area contributed by atoms with Crippen LogP contribution in [0.1, 0.15) is 6.92 Å². The lowest BCUT2D eigenvalue weighted by atomic mass is 10.4. The number of pyridine rings is 1. The molecule has 0 bridgehead atoms. The van der Waals surface area contributed by atoms with Crippen LogP contribution in [0.2, 0.25) is 0 Å². The predicted molar refractivity (Wildman–Crippen MR) is 62.9 cm³/mol. The third-order valence-corrected chi connectivity index (χ3v) is 1.81. The number of carbonyl (C=O) groups excluding carboxylic acids is 1. The van der Waals surface area contributed by atoms with E-state index in [1.54, 1.807) is 26.5 Å². The molecule has 0 unspecified atom stereocenters. The smallest absolute Gasteiger partial charge is 0.218 e. The monoisotopic (exact) mass is 209 g/mol. The van der Waals surface area contributed by atoms with Gasteiger partial charge in [0.1, 0.15) is 0 Å². The molecule has 0 aliphatic carbocycles. The van der Waals surface area contributed by atoms with E-state index in [-0.39, 0.29) is 5.91 Å². The third kappa shape index (κ3) is 6.49. The highest BCUT2D eigenvalue weighted by Crippen LogP contribution is 2.05. The molecule has 1 aromatic rings. The highest BCUT2D eigenvalue weighted by molar-refractivity contribution is 5.72. The fourth-order valence-electron chi connectivity index (χ4n) is 0.642. The molecule has 1 heterocycles. The van der Waals surface area contributed by atoms with Gasteiger partial charge in [0, 0.05) is 53.2 Å². The van der Waals surface area contributed by atoms with E-state index in [2.05, 4.69) is 4.98 Å². The number of hydrogen-bond donors (Lipinski definition) is 0. The Morgan fingerprint density at radius 3 is 1.73 bits per heavy atom. The summed E-state index contributed by atoms with van der Waals surface area (Å²) in [5.74, 6) is 0.0926. The van der Waals surface area contributed by atoms with E-state index in [9.17, 15) is 4.79 Å². The Hall–Kier alpha value is -1.58. The maximum absolute atomic E-state index is 10.1. The van der Waals surface area contributed by atoms with Gasteiger partial charge in [-0.1, -0.05) is 0 Å². The lowest BCUT2D eigenvalue weighted by molar-refractivity contribution is -0.126. The summed E-state index contributed by atoms with van der Waals surface area (Å²) in [5, 5.41) is 0. The Balaban J connectivity index is 0.000000288. The molecule has 1 amide bonds. The minimum absolute atomic E-state index is 0.0926. The van der Waals surface area contributed by atoms with Gasteiger partial charge in [-0.3, -0.25) is 9.78 Å². The van der Waals surface area contributed by atoms with Crippen LogP contribution in [0, 0.1) is 0 Å². The summed E-state index contributed by atoms with van der Waals surface area (Å²) in [6, 6.07) is 3.94. The molecule has 4 heteroatoms. The van der Waals surface area contributed by atoms with Crippen molar-refractivity contribution in [1.82, 2.24) is 9.88 Å². The number of hydrogen-bond acceptors (Lipinski definition) is 3. The van der Waals surface area contributed by atoms with Crippen molar-refractivity contribution in [2.45, 2.75) is 6.92 Å². The zero-order valence-corrected chi connectivity index (χ0v) is 10.1. The Bertz CT molecular complexity index is 283. The Kier molecular flexibility index (Phi) is 6.09. The summed E-state index contributed by atoms with van der Waals surface area (Å²) in [4.78, 5) is 17.5. The second-order valence-electron chi connectivity index (χ2n) is 3.51. The van der Waals surface area contributed by atoms with Crippen LogP contribution in [-0.4, -0.2) is 44.0 Å². The zero-order chi connectivity index (χ0) is 11.8. The summed E-state index contributed by atoms with van der Waals surface area (Å²) in [5.41, 5.74) is 1.19. The van der Waals surface area contributed by atoms with Gasteiger partial charge in [-0.2, -0.15) is 0 Å². The molecular formula is C11H19N3O. The standard InChI is InChI=1S/C7H10N2.C4H9NO/c1-9(2)7-3-5-8-6-4-7;1-4(6)5(2)3/h3-6H,1-2H3;1-3H3. The van der Waals surface area contributed by atoms with Gasteiger partial charge in [-0.05, 0) is 12.1 Å². The molecule has 1 aromatic heterocycles. The fraction of sp³-hybridized carbons (Fsp3) is 0.455. The largest absolute Gasteiger partial charge is 0.378 e. The first-order valence-corrected chi connectivity index (χ1v) is 4.70. The fourth-order valence-corrected chi connectivity index (χ4v) is 0.642. The van der Waals surface area contributed by atoms with Crippen LogP contribution in [0.25, 0.3) is 0 Å². The van der Waals surface area contributed by atoms with Crippen LogP contribution in [0.3, 0.4) is 0 Å². The van der Waals surface area contributed by atoms with Gasteiger partial charge in [0.15, 0.2) is 0 Å². The van der Waals surface area contributed by atoms with Gasteiger partial charge in [0.25, 0.3) is 0 Å². The summed E-state index contributed by atoms with van der Waals surface area (Å²) < 4.78 is 0. The first kappa shape index (κ1) is 13.4. The first-order chi connectivity index (χ1) is 6.95. The molecule has 1 rings (SSSR count). The van der Waals surface area contributed by atoms with Crippen molar-refractivity contribution >= 4 is 11.6 Å². The van der Waals surface area contributed by atoms with Crippen molar-refractivity contribution in [2.24, 2.45) is 0 Å². The molecule has 0 saturated heterocycles. The lowest BCUT2D eigenvalue weighted by Gasteiger charge is -2.10. The van der Waals surface area contributed by atoms with Crippen LogP contribution in [0.5, 0.6) is 0 Å². The van der Waals surface area contributed by atoms with E-state index in [1.807, 2.05) is 31.1 Å². The first-order valence-electron chi connectivity index (χ1n) is 4.70. The molecule has 0 radical (unpaired) electrons. The minimum Gasteiger partial charge on any atom is -0.378 e. The number of amides is 1. The molecule has 84 valence electrons. The van der Waals surface area contributed by atoms with Crippen molar-refractivity contribution in [1.29, 1.82) is 0 Å². The van der Waals surface area contributed by atoms with Crippen LogP contribution in [-0.2, 0) is 4.79 Å². The van der Waals surface area contributed by atoms with Gasteiger partial charge in [0.2, 0.25) is 5.91 Å². The molecule has 0 spiro atoms. The molecule has 0 atom stereocenters. The molecule has 0 fully saturated rings. The van der Waals surface area contributed by atoms with Gasteiger partial charge < -0.3 is 9.80 Å². The number of aromatic nitrogens is 1. The van der Waals surface area contributed by atoms with Crippen LogP contribution < -0.4 is 4.90 Å². The van der Waals surface area contributed by atoms with E-state index >= 15 is 0 Å². The number of carbonyl (C=O) groups is 1. The van der Waals surface area contributed by atoms with Crippen molar-refractivity contribution < 1.29 is 4.79 Å². The molecule has 0 N–H and O–H groups in total. The Morgan fingerprint density at radius 1 is 1.13 bits per heavy atom. The summed E-state index contributed by atoms with van der Waals surface area (Å²) >= 11 is 0. The van der Waals surface area contributed by atoms with Crippen molar-refractivity contribution in [3.05, 3.63) is 24.5 Å². The molecule has 0 aliphatic rings. The molecule has 0 aliphatic heterocycles. The van der Waals surface area contributed by atoms with Crippen molar-refractivity contribution in [3.63, 3.8) is 0 Å². The van der Waals surface area contributed by atoms with Gasteiger partial charge in [-0.25, -0.2) is 0 Å². The highest BCUT2D eigenvalue weighted by Gasteiger charge is 1.88. The summed E-state index contributed by atoms with van der Waals surface area (Å²) in [7, 11) is 7.47. The molecule has 0 aromatic carbocycles. The van der Waals surface area contributed by atoms with Crippen molar-refractivity contribution in [3.8, 4) is 0 Å². The highest BCUT2D eigenvalue weighted by atomic mass is 16.2. The second kappa shape index (κ2) is 6.81. The quantitative estimate of drug-likeness (QED) is 0.698. The molecule has 4 nitrogen and oxygen atoms in total. The average molecular weight is 209 g/mol. The van der Waals surface area contributed by atoms with E-state index in [1.165, 1.54) is 17.5 Å². The minimum atomic E-state index is 0.0926. The number of rotatable bonds is 1. The van der Waals surface area contributed by atoms with Gasteiger partial charge in [0.05, 0.1) is 0 Å². The molecule has 0 saturated carbocycles. The molecule has 15 heavy (non-hydrogen) atoms. The Morgan fingerprint density at radius 2 is 1.53 bits per heavy atom. The van der Waals surface area contributed by atoms with E-state index < -0.39 is 0 Å². The summed E-state index contributed by atoms with van der Waals surface area (Å²) in [6.07, 6.45) is 3.57. The summed E-state index contributed by atoms with van der Waals surface area (Å²) in [6.45, 7) is 1.53. The van der Waals surface area contributed by atoms with E-state index in [4.69, 9.17) is 0 Å². The van der Waals surface area contributed by atoms with Gasteiger partial charge >= 0.3 is 0 Å². The lowest BCUT2D eigenvalue weighted by Crippen LogP contribution is -2.17. The van der Waals surface area contributed by atoms with Crippen LogP contribution in [0.15, 0.2) is 24.5 Å². The average Bonchev–Trinajstić information content (AvgIpc) is 2.20. The van der Waals surface area contributed by atoms with E-state index in [0.717, 1.165) is 0 Å². The predicted octanol–water partition coefficient (Wildman–Crippen LogP) is 1.24. The number of anilines is 1. The topological polar surface area (TPSA) is 36.4 Å². The van der Waals surface area contributed by atoms with Crippen LogP contribution >= 0.6 is 0 Å². The maximum Gasteiger partial charge on any atom is 0.218 e. The Labute approximate surface area is 91.5 Å².